The SMILES string of the molecule is CN(CC(=O)Nc1ccn(-c2ccc(Cl)c(Cl)c2)n1)Cc1ccccc1.O=C(O)C(=O)O. The number of hydrogen-bond donors (Lipinski definition) is 3. The minimum Gasteiger partial charge on any atom is -0.473 e. The van der Waals surface area contributed by atoms with E-state index < -0.39 is 11.9 Å². The van der Waals surface area contributed by atoms with Crippen molar-refractivity contribution in [1.82, 2.24) is 14.7 Å². The smallest absolute Gasteiger partial charge is 0.414 e. The van der Waals surface area contributed by atoms with Crippen molar-refractivity contribution in [2.45, 2.75) is 6.54 Å². The third-order valence-electron chi connectivity index (χ3n) is 3.92. The normalized spacial score (nSPS) is 10.2. The second kappa shape index (κ2) is 11.8. The van der Waals surface area contributed by atoms with Crippen LogP contribution in [0.5, 0.6) is 0 Å². The lowest BCUT2D eigenvalue weighted by molar-refractivity contribution is -0.159. The number of carbonyl (C=O) groups is 3. The molecule has 32 heavy (non-hydrogen) atoms. The Labute approximate surface area is 193 Å². The van der Waals surface area contributed by atoms with E-state index in [4.69, 9.17) is 43.0 Å². The Morgan fingerprint density at radius 1 is 1.00 bits per heavy atom. The van der Waals surface area contributed by atoms with E-state index in [2.05, 4.69) is 10.4 Å². The number of rotatable bonds is 6. The quantitative estimate of drug-likeness (QED) is 0.463. The number of carbonyl (C=O) groups excluding carboxylic acids is 1. The van der Waals surface area contributed by atoms with Gasteiger partial charge in [0.2, 0.25) is 5.91 Å². The van der Waals surface area contributed by atoms with Gasteiger partial charge in [0.15, 0.2) is 5.82 Å². The van der Waals surface area contributed by atoms with Crippen LogP contribution in [0.25, 0.3) is 5.69 Å². The van der Waals surface area contributed by atoms with E-state index in [1.165, 1.54) is 0 Å². The molecule has 0 unspecified atom stereocenters. The van der Waals surface area contributed by atoms with Crippen LogP contribution in [0.3, 0.4) is 0 Å². The number of anilines is 1. The monoisotopic (exact) mass is 478 g/mol. The predicted molar refractivity (Wildman–Crippen MR) is 120 cm³/mol. The molecule has 1 aromatic heterocycles. The maximum Gasteiger partial charge on any atom is 0.414 e. The van der Waals surface area contributed by atoms with Crippen LogP contribution >= 0.6 is 23.2 Å². The molecule has 0 aliphatic heterocycles. The summed E-state index contributed by atoms with van der Waals surface area (Å²) >= 11 is 12.0. The third kappa shape index (κ3) is 8.03. The highest BCUT2D eigenvalue weighted by atomic mass is 35.5. The summed E-state index contributed by atoms with van der Waals surface area (Å²) in [5.41, 5.74) is 1.92. The first-order valence-corrected chi connectivity index (χ1v) is 9.91. The van der Waals surface area contributed by atoms with Crippen LogP contribution in [0.1, 0.15) is 5.56 Å². The molecule has 0 atom stereocenters. The summed E-state index contributed by atoms with van der Waals surface area (Å²) in [6, 6.07) is 17.0. The number of nitrogens with one attached hydrogen (secondary N) is 1. The van der Waals surface area contributed by atoms with Crippen molar-refractivity contribution in [2.24, 2.45) is 0 Å². The molecule has 11 heteroatoms. The molecule has 0 aliphatic rings. The fourth-order valence-corrected chi connectivity index (χ4v) is 2.83. The van der Waals surface area contributed by atoms with Gasteiger partial charge in [0.25, 0.3) is 0 Å². The van der Waals surface area contributed by atoms with Gasteiger partial charge in [-0.25, -0.2) is 14.3 Å². The molecule has 3 rings (SSSR count). The van der Waals surface area contributed by atoms with Crippen LogP contribution < -0.4 is 5.32 Å². The van der Waals surface area contributed by atoms with Gasteiger partial charge in [-0.2, -0.15) is 5.10 Å². The van der Waals surface area contributed by atoms with E-state index in [1.807, 2.05) is 42.3 Å². The van der Waals surface area contributed by atoms with Crippen LogP contribution in [0, 0.1) is 0 Å². The number of amides is 1. The van der Waals surface area contributed by atoms with Gasteiger partial charge >= 0.3 is 11.9 Å². The molecular formula is C21H20Cl2N4O5. The van der Waals surface area contributed by atoms with Crippen molar-refractivity contribution >= 4 is 46.9 Å². The average molecular weight is 479 g/mol. The minimum absolute atomic E-state index is 0.122. The Bertz CT molecular complexity index is 1080. The average Bonchev–Trinajstić information content (AvgIpc) is 3.19. The number of nitrogens with zero attached hydrogens (tertiary/aromatic N) is 3. The zero-order chi connectivity index (χ0) is 23.7. The van der Waals surface area contributed by atoms with Crippen molar-refractivity contribution in [3.63, 3.8) is 0 Å². The standard InChI is InChI=1S/C19H18Cl2N4O.C2H2O4/c1-24(12-14-5-3-2-4-6-14)13-19(26)22-18-9-10-25(23-18)15-7-8-16(20)17(21)11-15;3-1(4)2(5)6/h2-11H,12-13H2,1H3,(H,22,23,26);(H,3,4)(H,5,6). The summed E-state index contributed by atoms with van der Waals surface area (Å²) in [4.78, 5) is 32.4. The van der Waals surface area contributed by atoms with Crippen LogP contribution in [-0.2, 0) is 20.9 Å². The highest BCUT2D eigenvalue weighted by molar-refractivity contribution is 6.42. The molecule has 1 amide bonds. The minimum atomic E-state index is -1.82. The first-order chi connectivity index (χ1) is 15.2. The predicted octanol–water partition coefficient (Wildman–Crippen LogP) is 3.41. The van der Waals surface area contributed by atoms with Gasteiger partial charge in [0.1, 0.15) is 0 Å². The summed E-state index contributed by atoms with van der Waals surface area (Å²) in [6.45, 7) is 0.973. The van der Waals surface area contributed by atoms with Crippen molar-refractivity contribution in [2.75, 3.05) is 18.9 Å². The van der Waals surface area contributed by atoms with Crippen molar-refractivity contribution < 1.29 is 24.6 Å². The zero-order valence-electron chi connectivity index (χ0n) is 16.9. The highest BCUT2D eigenvalue weighted by Crippen LogP contribution is 2.24. The molecule has 9 nitrogen and oxygen atoms in total. The molecule has 1 heterocycles. The Hall–Kier alpha value is -3.40. The summed E-state index contributed by atoms with van der Waals surface area (Å²) in [5, 5.41) is 22.9. The van der Waals surface area contributed by atoms with Crippen molar-refractivity contribution in [3.05, 3.63) is 76.4 Å². The molecule has 0 radical (unpaired) electrons. The van der Waals surface area contributed by atoms with Gasteiger partial charge in [0, 0.05) is 18.8 Å². The molecule has 0 aliphatic carbocycles. The number of benzene rings is 2. The van der Waals surface area contributed by atoms with Crippen LogP contribution in [0.15, 0.2) is 60.8 Å². The summed E-state index contributed by atoms with van der Waals surface area (Å²) in [7, 11) is 1.90. The molecule has 0 saturated heterocycles. The Morgan fingerprint density at radius 2 is 1.66 bits per heavy atom. The fourth-order valence-electron chi connectivity index (χ4n) is 2.54. The van der Waals surface area contributed by atoms with E-state index in [0.29, 0.717) is 22.4 Å². The van der Waals surface area contributed by atoms with Crippen molar-refractivity contribution in [3.8, 4) is 5.69 Å². The number of hydrogen-bond acceptors (Lipinski definition) is 5. The van der Waals surface area contributed by atoms with Gasteiger partial charge < -0.3 is 15.5 Å². The molecule has 0 bridgehead atoms. The first kappa shape index (κ1) is 24.9. The Balaban J connectivity index is 0.000000534. The van der Waals surface area contributed by atoms with E-state index in [-0.39, 0.29) is 12.5 Å². The summed E-state index contributed by atoms with van der Waals surface area (Å²) in [5.74, 6) is -3.29. The number of carboxylic acids is 2. The van der Waals surface area contributed by atoms with Gasteiger partial charge in [-0.1, -0.05) is 53.5 Å². The van der Waals surface area contributed by atoms with E-state index >= 15 is 0 Å². The molecule has 0 spiro atoms. The van der Waals surface area contributed by atoms with Crippen LogP contribution in [0.2, 0.25) is 10.0 Å². The Kier molecular flexibility index (Phi) is 9.21. The van der Waals surface area contributed by atoms with Gasteiger partial charge in [-0.3, -0.25) is 9.69 Å². The molecule has 2 aromatic carbocycles. The lowest BCUT2D eigenvalue weighted by atomic mass is 10.2. The largest absolute Gasteiger partial charge is 0.473 e. The topological polar surface area (TPSA) is 125 Å². The molecule has 168 valence electrons. The third-order valence-corrected chi connectivity index (χ3v) is 4.66. The van der Waals surface area contributed by atoms with E-state index in [9.17, 15) is 4.79 Å². The maximum absolute atomic E-state index is 12.2. The second-order valence-electron chi connectivity index (χ2n) is 6.56. The molecular weight excluding hydrogens is 459 g/mol. The molecule has 0 fully saturated rings. The van der Waals surface area contributed by atoms with Crippen molar-refractivity contribution in [1.29, 1.82) is 0 Å². The van der Waals surface area contributed by atoms with Crippen LogP contribution in [0.4, 0.5) is 5.82 Å². The maximum atomic E-state index is 12.2. The molecule has 3 N–H and O–H groups in total. The lowest BCUT2D eigenvalue weighted by Gasteiger charge is -2.15. The number of aliphatic carboxylic acids is 2. The zero-order valence-corrected chi connectivity index (χ0v) is 18.4. The van der Waals surface area contributed by atoms with E-state index in [0.717, 1.165) is 11.3 Å². The number of halogens is 2. The number of aromatic nitrogens is 2. The fraction of sp³-hybridized carbons (Fsp3) is 0.143. The van der Waals surface area contributed by atoms with Gasteiger partial charge in [-0.15, -0.1) is 0 Å². The molecule has 3 aromatic rings. The van der Waals surface area contributed by atoms with Gasteiger partial charge in [0.05, 0.1) is 22.3 Å². The van der Waals surface area contributed by atoms with Crippen LogP contribution in [-0.4, -0.2) is 56.3 Å². The highest BCUT2D eigenvalue weighted by Gasteiger charge is 2.10. The Morgan fingerprint density at radius 3 is 2.25 bits per heavy atom. The summed E-state index contributed by atoms with van der Waals surface area (Å²) < 4.78 is 1.63. The van der Waals surface area contributed by atoms with E-state index in [1.54, 1.807) is 35.1 Å². The first-order valence-electron chi connectivity index (χ1n) is 9.15. The van der Waals surface area contributed by atoms with Gasteiger partial charge in [-0.05, 0) is 30.8 Å². The number of carboxylic acid groups (broad SMARTS) is 2. The number of likely N-dealkylation sites (N-methyl/N-ethyl adjacent to an activating group) is 1. The second-order valence-corrected chi connectivity index (χ2v) is 7.37. The summed E-state index contributed by atoms with van der Waals surface area (Å²) in [6.07, 6.45) is 1.75. The molecule has 0 saturated carbocycles. The lowest BCUT2D eigenvalue weighted by Crippen LogP contribution is -2.30.